The maximum absolute atomic E-state index is 14.4. The van der Waals surface area contributed by atoms with Gasteiger partial charge in [-0.1, -0.05) is 32.3 Å². The molecule has 1 aliphatic carbocycles. The minimum atomic E-state index is -1.02. The summed E-state index contributed by atoms with van der Waals surface area (Å²) in [6.07, 6.45) is 9.94. The minimum Gasteiger partial charge on any atom is -0.466 e. The topological polar surface area (TPSA) is 96.4 Å². The Bertz CT molecular complexity index is 826. The fraction of sp³-hybridized carbons (Fsp3) is 0.815. The van der Waals surface area contributed by atoms with E-state index in [2.05, 4.69) is 6.58 Å². The molecule has 4 fully saturated rings. The zero-order valence-corrected chi connectivity index (χ0v) is 21.4. The smallest absolute Gasteiger partial charge is 0.312 e. The highest BCUT2D eigenvalue weighted by atomic mass is 16.6. The van der Waals surface area contributed by atoms with Crippen molar-refractivity contribution in [3.05, 3.63) is 12.7 Å². The Morgan fingerprint density at radius 2 is 1.97 bits per heavy atom. The van der Waals surface area contributed by atoms with Crippen molar-refractivity contribution in [1.29, 1.82) is 0 Å². The van der Waals surface area contributed by atoms with E-state index in [-0.39, 0.29) is 31.1 Å². The lowest BCUT2D eigenvalue weighted by atomic mass is 9.65. The van der Waals surface area contributed by atoms with Crippen molar-refractivity contribution in [2.75, 3.05) is 26.3 Å². The molecular formula is C27H42N2O6. The van der Waals surface area contributed by atoms with Crippen molar-refractivity contribution < 1.29 is 29.0 Å². The SMILES string of the molecule is C=CCN(C(=O)C1N(CCCCO)C(=O)[C@@H]2[C@@H](C(=O)OCC)[C@@]3(CC)CCC12O3)C1CCCCC1. The first kappa shape index (κ1) is 26.1. The zero-order chi connectivity index (χ0) is 25.2. The molecule has 0 aromatic rings. The molecule has 3 heterocycles. The Morgan fingerprint density at radius 1 is 1.23 bits per heavy atom. The lowest BCUT2D eigenvalue weighted by Crippen LogP contribution is -2.58. The molecule has 4 rings (SSSR count). The second-order valence-electron chi connectivity index (χ2n) is 10.6. The third kappa shape index (κ3) is 4.20. The summed E-state index contributed by atoms with van der Waals surface area (Å²) in [5, 5.41) is 9.34. The number of carbonyl (C=O) groups excluding carboxylic acids is 3. The highest BCUT2D eigenvalue weighted by Crippen LogP contribution is 2.64. The summed E-state index contributed by atoms with van der Waals surface area (Å²) in [6.45, 7) is 8.70. The van der Waals surface area contributed by atoms with Crippen LogP contribution in [0.4, 0.5) is 0 Å². The Hall–Kier alpha value is -1.93. The Balaban J connectivity index is 1.74. The van der Waals surface area contributed by atoms with Gasteiger partial charge in [-0.25, -0.2) is 0 Å². The maximum atomic E-state index is 14.4. The van der Waals surface area contributed by atoms with E-state index in [1.165, 1.54) is 6.42 Å². The van der Waals surface area contributed by atoms with Crippen LogP contribution in [0.25, 0.3) is 0 Å². The van der Waals surface area contributed by atoms with Crippen LogP contribution < -0.4 is 0 Å². The molecule has 2 bridgehead atoms. The third-order valence-corrected chi connectivity index (χ3v) is 8.89. The standard InChI is InChI=1S/C27H42N2O6/c1-4-16-28(19-12-8-7-9-13-19)24(32)22-27-15-14-26(5-2,35-27)21(25(33)34-6-3)20(27)23(31)29(22)17-10-11-18-30/h4,19-22,30H,1,5-18H2,2-3H3/t20-,21-,22?,26+,27?/m0/s1. The second-order valence-corrected chi connectivity index (χ2v) is 10.6. The first-order valence-corrected chi connectivity index (χ1v) is 13.6. The highest BCUT2D eigenvalue weighted by Gasteiger charge is 2.79. The molecule has 5 atom stereocenters. The van der Waals surface area contributed by atoms with Crippen molar-refractivity contribution in [2.45, 2.75) is 101 Å². The number of carbonyl (C=O) groups is 3. The maximum Gasteiger partial charge on any atom is 0.312 e. The van der Waals surface area contributed by atoms with Gasteiger partial charge in [0.15, 0.2) is 0 Å². The van der Waals surface area contributed by atoms with E-state index in [1.54, 1.807) is 17.9 Å². The first-order valence-electron chi connectivity index (χ1n) is 13.6. The number of unbranched alkanes of at least 4 members (excludes halogenated alkanes) is 1. The van der Waals surface area contributed by atoms with E-state index in [0.717, 1.165) is 25.7 Å². The molecular weight excluding hydrogens is 448 g/mol. The number of rotatable bonds is 11. The van der Waals surface area contributed by atoms with Crippen molar-refractivity contribution >= 4 is 17.8 Å². The summed E-state index contributed by atoms with van der Waals surface area (Å²) < 4.78 is 12.2. The first-order chi connectivity index (χ1) is 16.9. The summed E-state index contributed by atoms with van der Waals surface area (Å²) in [4.78, 5) is 45.2. The molecule has 35 heavy (non-hydrogen) atoms. The largest absolute Gasteiger partial charge is 0.466 e. The van der Waals surface area contributed by atoms with Crippen LogP contribution in [0, 0.1) is 11.8 Å². The van der Waals surface area contributed by atoms with Crippen LogP contribution in [0.5, 0.6) is 0 Å². The third-order valence-electron chi connectivity index (χ3n) is 8.89. The van der Waals surface area contributed by atoms with E-state index in [4.69, 9.17) is 9.47 Å². The highest BCUT2D eigenvalue weighted by molar-refractivity contribution is 5.98. The van der Waals surface area contributed by atoms with E-state index >= 15 is 0 Å². The molecule has 4 aliphatic rings. The average Bonchev–Trinajstić information content (AvgIpc) is 3.47. The molecule has 1 saturated carbocycles. The molecule has 196 valence electrons. The lowest BCUT2D eigenvalue weighted by Gasteiger charge is -2.40. The fourth-order valence-corrected chi connectivity index (χ4v) is 7.33. The van der Waals surface area contributed by atoms with Crippen LogP contribution >= 0.6 is 0 Å². The molecule has 3 aliphatic heterocycles. The van der Waals surface area contributed by atoms with Gasteiger partial charge in [-0.2, -0.15) is 0 Å². The lowest BCUT2D eigenvalue weighted by molar-refractivity contribution is -0.162. The van der Waals surface area contributed by atoms with E-state index < -0.39 is 35.0 Å². The van der Waals surface area contributed by atoms with Crippen LogP contribution in [0.15, 0.2) is 12.7 Å². The number of esters is 1. The predicted molar refractivity (Wildman–Crippen MR) is 130 cm³/mol. The van der Waals surface area contributed by atoms with Gasteiger partial charge in [-0.3, -0.25) is 14.4 Å². The number of hydrogen-bond acceptors (Lipinski definition) is 6. The summed E-state index contributed by atoms with van der Waals surface area (Å²) in [6, 6.07) is -0.646. The number of aliphatic hydroxyl groups is 1. The summed E-state index contributed by atoms with van der Waals surface area (Å²) in [5.74, 6) is -2.08. The molecule has 3 saturated heterocycles. The summed E-state index contributed by atoms with van der Waals surface area (Å²) >= 11 is 0. The van der Waals surface area contributed by atoms with E-state index in [9.17, 15) is 19.5 Å². The number of nitrogens with zero attached hydrogens (tertiary/aromatic N) is 2. The normalized spacial score (nSPS) is 34.2. The molecule has 8 heteroatoms. The van der Waals surface area contributed by atoms with Crippen LogP contribution in [0.2, 0.25) is 0 Å². The fourth-order valence-electron chi connectivity index (χ4n) is 7.33. The van der Waals surface area contributed by atoms with Crippen molar-refractivity contribution in [3.8, 4) is 0 Å². The molecule has 0 aromatic carbocycles. The monoisotopic (exact) mass is 490 g/mol. The minimum absolute atomic E-state index is 0.0285. The van der Waals surface area contributed by atoms with Crippen LogP contribution in [-0.4, -0.2) is 82.3 Å². The predicted octanol–water partition coefficient (Wildman–Crippen LogP) is 2.82. The van der Waals surface area contributed by atoms with Gasteiger partial charge < -0.3 is 24.4 Å². The van der Waals surface area contributed by atoms with Gasteiger partial charge in [0.05, 0.1) is 18.1 Å². The molecule has 1 spiro atoms. The summed E-state index contributed by atoms with van der Waals surface area (Å²) in [5.41, 5.74) is -1.79. The van der Waals surface area contributed by atoms with E-state index in [0.29, 0.717) is 45.2 Å². The van der Waals surface area contributed by atoms with Crippen LogP contribution in [0.3, 0.4) is 0 Å². The molecule has 0 aromatic heterocycles. The van der Waals surface area contributed by atoms with Gasteiger partial charge in [0.2, 0.25) is 11.8 Å². The number of likely N-dealkylation sites (tertiary alicyclic amines) is 1. The summed E-state index contributed by atoms with van der Waals surface area (Å²) in [7, 11) is 0. The molecule has 8 nitrogen and oxygen atoms in total. The van der Waals surface area contributed by atoms with Gasteiger partial charge in [0.25, 0.3) is 0 Å². The van der Waals surface area contributed by atoms with Crippen molar-refractivity contribution in [3.63, 3.8) is 0 Å². The number of aliphatic hydroxyl groups excluding tert-OH is 1. The number of hydrogen-bond donors (Lipinski definition) is 1. The molecule has 2 unspecified atom stereocenters. The molecule has 0 radical (unpaired) electrons. The van der Waals surface area contributed by atoms with Gasteiger partial charge in [-0.15, -0.1) is 6.58 Å². The van der Waals surface area contributed by atoms with Crippen LogP contribution in [-0.2, 0) is 23.9 Å². The Kier molecular flexibility index (Phi) is 7.91. The molecule has 1 N–H and O–H groups in total. The Labute approximate surface area is 209 Å². The Morgan fingerprint density at radius 3 is 2.60 bits per heavy atom. The van der Waals surface area contributed by atoms with Crippen molar-refractivity contribution in [1.82, 2.24) is 9.80 Å². The van der Waals surface area contributed by atoms with E-state index in [1.807, 2.05) is 11.8 Å². The quantitative estimate of drug-likeness (QED) is 0.272. The van der Waals surface area contributed by atoms with Gasteiger partial charge in [-0.05, 0) is 51.9 Å². The average molecular weight is 491 g/mol. The van der Waals surface area contributed by atoms with Gasteiger partial charge >= 0.3 is 5.97 Å². The van der Waals surface area contributed by atoms with Gasteiger partial charge in [0.1, 0.15) is 17.6 Å². The van der Waals surface area contributed by atoms with Crippen molar-refractivity contribution in [2.24, 2.45) is 11.8 Å². The number of amides is 2. The molecule has 2 amide bonds. The zero-order valence-electron chi connectivity index (χ0n) is 21.4. The number of fused-ring (bicyclic) bond motifs is 1. The van der Waals surface area contributed by atoms with Crippen LogP contribution in [0.1, 0.15) is 78.1 Å². The number of ether oxygens (including phenoxy) is 2. The second kappa shape index (κ2) is 10.6. The van der Waals surface area contributed by atoms with Gasteiger partial charge in [0, 0.05) is 25.7 Å².